The minimum Gasteiger partial charge on any atom is -0.373 e. The molecule has 1 aromatic rings. The van der Waals surface area contributed by atoms with Crippen LogP contribution in [0.15, 0.2) is 18.7 Å². The number of hydrogen-bond donors (Lipinski definition) is 1. The van der Waals surface area contributed by atoms with Crippen LogP contribution in [0.1, 0.15) is 13.3 Å². The largest absolute Gasteiger partial charge is 0.373 e. The Labute approximate surface area is 107 Å². The highest BCUT2D eigenvalue weighted by molar-refractivity contribution is 5.76. The van der Waals surface area contributed by atoms with E-state index in [0.717, 1.165) is 0 Å². The Morgan fingerprint density at radius 2 is 2.50 bits per heavy atom. The maximum absolute atomic E-state index is 12.1. The van der Waals surface area contributed by atoms with E-state index in [1.807, 2.05) is 22.6 Å². The summed E-state index contributed by atoms with van der Waals surface area (Å²) in [6.45, 7) is 4.40. The van der Waals surface area contributed by atoms with Crippen LogP contribution < -0.4 is 5.73 Å². The third kappa shape index (κ3) is 3.30. The highest BCUT2D eigenvalue weighted by Crippen LogP contribution is 2.09. The van der Waals surface area contributed by atoms with Crippen molar-refractivity contribution in [3.63, 3.8) is 0 Å². The molecular formula is C12H20N4O2. The number of hydrogen-bond acceptors (Lipinski definition) is 4. The van der Waals surface area contributed by atoms with Gasteiger partial charge in [-0.25, -0.2) is 4.98 Å². The average Bonchev–Trinajstić information content (AvgIpc) is 2.89. The Morgan fingerprint density at radius 3 is 3.17 bits per heavy atom. The molecule has 100 valence electrons. The van der Waals surface area contributed by atoms with E-state index in [0.29, 0.717) is 32.7 Å². The summed E-state index contributed by atoms with van der Waals surface area (Å²) in [6, 6.07) is -0.0470. The van der Waals surface area contributed by atoms with Gasteiger partial charge in [-0.1, -0.05) is 0 Å². The van der Waals surface area contributed by atoms with Crippen molar-refractivity contribution in [2.45, 2.75) is 32.0 Å². The summed E-state index contributed by atoms with van der Waals surface area (Å²) < 4.78 is 7.44. The van der Waals surface area contributed by atoms with Gasteiger partial charge in [-0.3, -0.25) is 4.79 Å². The van der Waals surface area contributed by atoms with Gasteiger partial charge in [0, 0.05) is 44.5 Å². The Hall–Kier alpha value is -1.40. The van der Waals surface area contributed by atoms with Crippen LogP contribution >= 0.6 is 0 Å². The van der Waals surface area contributed by atoms with E-state index in [1.165, 1.54) is 0 Å². The quantitative estimate of drug-likeness (QED) is 0.808. The molecule has 2 N–H and O–H groups in total. The number of carbonyl (C=O) groups excluding carboxylic acids is 1. The van der Waals surface area contributed by atoms with Gasteiger partial charge in [0.15, 0.2) is 0 Å². The molecule has 1 fully saturated rings. The van der Waals surface area contributed by atoms with Crippen LogP contribution in [0.4, 0.5) is 0 Å². The normalized spacial score (nSPS) is 21.9. The highest BCUT2D eigenvalue weighted by Gasteiger charge is 2.26. The number of amides is 1. The fourth-order valence-electron chi connectivity index (χ4n) is 2.02. The zero-order valence-electron chi connectivity index (χ0n) is 10.7. The molecule has 1 aromatic heterocycles. The molecule has 6 heteroatoms. The van der Waals surface area contributed by atoms with Crippen LogP contribution in [0, 0.1) is 0 Å². The molecule has 2 atom stereocenters. The molecule has 1 aliphatic heterocycles. The van der Waals surface area contributed by atoms with Crippen LogP contribution in [0.5, 0.6) is 0 Å². The Kier molecular flexibility index (Phi) is 4.33. The van der Waals surface area contributed by atoms with Crippen LogP contribution in [-0.2, 0) is 16.1 Å². The Balaban J connectivity index is 1.81. The van der Waals surface area contributed by atoms with Gasteiger partial charge in [-0.15, -0.1) is 0 Å². The highest BCUT2D eigenvalue weighted by atomic mass is 16.5. The monoisotopic (exact) mass is 252 g/mol. The molecule has 18 heavy (non-hydrogen) atoms. The van der Waals surface area contributed by atoms with Crippen molar-refractivity contribution in [1.29, 1.82) is 0 Å². The molecule has 0 saturated carbocycles. The van der Waals surface area contributed by atoms with Crippen LogP contribution in [0.2, 0.25) is 0 Å². The van der Waals surface area contributed by atoms with Gasteiger partial charge in [0.2, 0.25) is 5.91 Å². The number of aryl methyl sites for hydroxylation is 1. The first-order valence-electron chi connectivity index (χ1n) is 6.27. The van der Waals surface area contributed by atoms with Gasteiger partial charge < -0.3 is 19.9 Å². The van der Waals surface area contributed by atoms with Gasteiger partial charge in [0.25, 0.3) is 0 Å². The third-order valence-corrected chi connectivity index (χ3v) is 3.18. The van der Waals surface area contributed by atoms with E-state index in [9.17, 15) is 4.79 Å². The number of rotatable bonds is 4. The van der Waals surface area contributed by atoms with Gasteiger partial charge in [0.05, 0.1) is 19.0 Å². The first kappa shape index (κ1) is 13.0. The number of aromatic nitrogens is 2. The van der Waals surface area contributed by atoms with Crippen LogP contribution in [0.25, 0.3) is 0 Å². The number of nitrogens with two attached hydrogens (primary N) is 1. The van der Waals surface area contributed by atoms with Gasteiger partial charge in [0.1, 0.15) is 0 Å². The van der Waals surface area contributed by atoms with E-state index in [4.69, 9.17) is 10.5 Å². The number of carbonyl (C=O) groups is 1. The lowest BCUT2D eigenvalue weighted by Gasteiger charge is -2.34. The van der Waals surface area contributed by atoms with Crippen molar-refractivity contribution in [2.75, 3.05) is 19.7 Å². The van der Waals surface area contributed by atoms with Crippen molar-refractivity contribution >= 4 is 5.91 Å². The third-order valence-electron chi connectivity index (χ3n) is 3.18. The molecule has 2 rings (SSSR count). The minimum atomic E-state index is -0.0470. The summed E-state index contributed by atoms with van der Waals surface area (Å²) in [5.74, 6) is 0.151. The first-order chi connectivity index (χ1) is 8.66. The molecule has 1 saturated heterocycles. The minimum absolute atomic E-state index is 0.0454. The molecule has 1 amide bonds. The Bertz CT molecular complexity index is 377. The topological polar surface area (TPSA) is 73.4 Å². The zero-order valence-corrected chi connectivity index (χ0v) is 10.7. The van der Waals surface area contributed by atoms with Crippen molar-refractivity contribution in [2.24, 2.45) is 5.73 Å². The van der Waals surface area contributed by atoms with Crippen molar-refractivity contribution in [1.82, 2.24) is 14.5 Å². The molecule has 2 heterocycles. The number of imidazole rings is 1. The summed E-state index contributed by atoms with van der Waals surface area (Å²) in [7, 11) is 0. The van der Waals surface area contributed by atoms with Gasteiger partial charge >= 0.3 is 0 Å². The molecular weight excluding hydrogens is 232 g/mol. The number of nitrogens with zero attached hydrogens (tertiary/aromatic N) is 3. The summed E-state index contributed by atoms with van der Waals surface area (Å²) in [4.78, 5) is 17.8. The lowest BCUT2D eigenvalue weighted by Crippen LogP contribution is -2.51. The average molecular weight is 252 g/mol. The first-order valence-corrected chi connectivity index (χ1v) is 6.27. The molecule has 6 nitrogen and oxygen atoms in total. The second-order valence-electron chi connectivity index (χ2n) is 4.66. The van der Waals surface area contributed by atoms with E-state index in [1.54, 1.807) is 12.5 Å². The van der Waals surface area contributed by atoms with Crippen LogP contribution in [-0.4, -0.2) is 52.2 Å². The molecule has 0 spiro atoms. The van der Waals surface area contributed by atoms with Crippen molar-refractivity contribution in [3.05, 3.63) is 18.7 Å². The molecule has 0 aliphatic carbocycles. The molecule has 0 aromatic carbocycles. The summed E-state index contributed by atoms with van der Waals surface area (Å²) in [5, 5.41) is 0. The smallest absolute Gasteiger partial charge is 0.224 e. The lowest BCUT2D eigenvalue weighted by atomic mass is 10.1. The molecule has 2 unspecified atom stereocenters. The zero-order chi connectivity index (χ0) is 13.0. The van der Waals surface area contributed by atoms with E-state index in [2.05, 4.69) is 4.98 Å². The van der Waals surface area contributed by atoms with Crippen molar-refractivity contribution in [3.8, 4) is 0 Å². The SMILES string of the molecule is CC(N)C1CN(C(=O)CCn2ccnc2)CCO1. The fourth-order valence-corrected chi connectivity index (χ4v) is 2.02. The molecule has 0 radical (unpaired) electrons. The number of ether oxygens (including phenoxy) is 1. The van der Waals surface area contributed by atoms with E-state index >= 15 is 0 Å². The summed E-state index contributed by atoms with van der Waals surface area (Å²) in [5.41, 5.74) is 5.81. The molecule has 1 aliphatic rings. The van der Waals surface area contributed by atoms with Crippen molar-refractivity contribution < 1.29 is 9.53 Å². The second kappa shape index (κ2) is 5.97. The standard InChI is InChI=1S/C12H20N4O2/c1-10(13)11-8-16(6-7-18-11)12(17)2-4-15-5-3-14-9-15/h3,5,9-11H,2,4,6-8,13H2,1H3. The number of morpholine rings is 1. The predicted molar refractivity (Wildman–Crippen MR) is 66.8 cm³/mol. The van der Waals surface area contributed by atoms with E-state index < -0.39 is 0 Å². The Morgan fingerprint density at radius 1 is 1.67 bits per heavy atom. The van der Waals surface area contributed by atoms with Gasteiger partial charge in [-0.05, 0) is 6.92 Å². The molecule has 0 bridgehead atoms. The summed E-state index contributed by atoms with van der Waals surface area (Å²) >= 11 is 0. The predicted octanol–water partition coefficient (Wildman–Crippen LogP) is -0.152. The van der Waals surface area contributed by atoms with Gasteiger partial charge in [-0.2, -0.15) is 0 Å². The second-order valence-corrected chi connectivity index (χ2v) is 4.66. The van der Waals surface area contributed by atoms with Crippen LogP contribution in [0.3, 0.4) is 0 Å². The summed E-state index contributed by atoms with van der Waals surface area (Å²) in [6.07, 6.45) is 5.73. The van der Waals surface area contributed by atoms with E-state index in [-0.39, 0.29) is 18.1 Å². The maximum Gasteiger partial charge on any atom is 0.224 e. The maximum atomic E-state index is 12.1. The lowest BCUT2D eigenvalue weighted by molar-refractivity contribution is -0.139. The fraction of sp³-hybridized carbons (Fsp3) is 0.667.